The summed E-state index contributed by atoms with van der Waals surface area (Å²) in [5.41, 5.74) is 0.248. The summed E-state index contributed by atoms with van der Waals surface area (Å²) in [7, 11) is 0. The molecule has 0 fully saturated rings. The van der Waals surface area contributed by atoms with Crippen molar-refractivity contribution in [1.29, 1.82) is 0 Å². The van der Waals surface area contributed by atoms with Crippen LogP contribution in [0, 0.1) is 4.77 Å². The Balaban J connectivity index is 1.82. The molecule has 1 aliphatic heterocycles. The van der Waals surface area contributed by atoms with Gasteiger partial charge in [0, 0.05) is 5.69 Å². The van der Waals surface area contributed by atoms with Gasteiger partial charge < -0.3 is 4.90 Å². The fraction of sp³-hybridized carbons (Fsp3) is 0.176. The van der Waals surface area contributed by atoms with Gasteiger partial charge in [0.25, 0.3) is 0 Å². The van der Waals surface area contributed by atoms with Gasteiger partial charge in [-0.1, -0.05) is 30.3 Å². The summed E-state index contributed by atoms with van der Waals surface area (Å²) in [6.07, 6.45) is -4.44. The number of halogens is 3. The number of H-pyrrole nitrogens is 1. The molecule has 0 unspecified atom stereocenters. The molecule has 0 amide bonds. The van der Waals surface area contributed by atoms with E-state index in [9.17, 15) is 13.2 Å². The van der Waals surface area contributed by atoms with E-state index in [1.54, 1.807) is 15.5 Å². The van der Waals surface area contributed by atoms with Crippen LogP contribution in [-0.2, 0) is 12.8 Å². The van der Waals surface area contributed by atoms with E-state index in [1.807, 2.05) is 35.2 Å². The molecular weight excluding hydrogens is 363 g/mol. The fourth-order valence-electron chi connectivity index (χ4n) is 3.04. The van der Waals surface area contributed by atoms with Gasteiger partial charge in [0.2, 0.25) is 5.95 Å². The second-order valence-electron chi connectivity index (χ2n) is 5.86. The lowest BCUT2D eigenvalue weighted by molar-refractivity contribution is -0.137. The highest BCUT2D eigenvalue weighted by Gasteiger charge is 2.36. The zero-order chi connectivity index (χ0) is 18.3. The van der Waals surface area contributed by atoms with Gasteiger partial charge in [0.1, 0.15) is 6.67 Å². The zero-order valence-corrected chi connectivity index (χ0v) is 14.3. The standard InChI is InChI=1S/C17H14F3N5S/c18-17(19,20)13-8-4-5-9-14(13)23-10-24(12-6-2-1-3-7-12)15-21-22-16(26)25(15)11-23/h1-9H,10-11H2,(H,22,26). The minimum atomic E-state index is -4.44. The van der Waals surface area contributed by atoms with Crippen molar-refractivity contribution in [3.8, 4) is 0 Å². The maximum atomic E-state index is 13.5. The van der Waals surface area contributed by atoms with Gasteiger partial charge >= 0.3 is 6.18 Å². The summed E-state index contributed by atoms with van der Waals surface area (Å²) in [6.45, 7) is 0.401. The van der Waals surface area contributed by atoms with Crippen LogP contribution in [0.2, 0.25) is 0 Å². The second-order valence-corrected chi connectivity index (χ2v) is 6.24. The van der Waals surface area contributed by atoms with Crippen molar-refractivity contribution in [2.75, 3.05) is 16.5 Å². The molecule has 2 heterocycles. The van der Waals surface area contributed by atoms with Crippen LogP contribution in [0.1, 0.15) is 5.56 Å². The molecule has 0 bridgehead atoms. The lowest BCUT2D eigenvalue weighted by Crippen LogP contribution is -2.43. The average Bonchev–Trinajstić information content (AvgIpc) is 3.02. The Morgan fingerprint density at radius 2 is 1.65 bits per heavy atom. The number of benzene rings is 2. The Kier molecular flexibility index (Phi) is 3.95. The number of aromatic amines is 1. The van der Waals surface area contributed by atoms with Crippen molar-refractivity contribution >= 4 is 29.5 Å². The van der Waals surface area contributed by atoms with Crippen LogP contribution in [-0.4, -0.2) is 21.4 Å². The summed E-state index contributed by atoms with van der Waals surface area (Å²) in [5.74, 6) is 0.571. The molecule has 9 heteroatoms. The Hall–Kier alpha value is -2.81. The van der Waals surface area contributed by atoms with Crippen molar-refractivity contribution in [3.63, 3.8) is 0 Å². The van der Waals surface area contributed by atoms with E-state index in [0.717, 1.165) is 11.8 Å². The molecule has 4 rings (SSSR count). The maximum absolute atomic E-state index is 13.5. The maximum Gasteiger partial charge on any atom is 0.418 e. The molecule has 1 aromatic heterocycles. The highest BCUT2D eigenvalue weighted by Crippen LogP contribution is 2.38. The first kappa shape index (κ1) is 16.6. The van der Waals surface area contributed by atoms with Gasteiger partial charge in [0.15, 0.2) is 4.77 Å². The first-order valence-electron chi connectivity index (χ1n) is 7.84. The number of para-hydroxylation sites is 2. The van der Waals surface area contributed by atoms with Crippen molar-refractivity contribution in [3.05, 3.63) is 64.9 Å². The molecule has 0 atom stereocenters. The van der Waals surface area contributed by atoms with Gasteiger partial charge in [-0.3, -0.25) is 9.47 Å². The van der Waals surface area contributed by atoms with Crippen molar-refractivity contribution < 1.29 is 13.2 Å². The average molecular weight is 377 g/mol. The Morgan fingerprint density at radius 3 is 2.38 bits per heavy atom. The molecule has 0 saturated carbocycles. The van der Waals surface area contributed by atoms with E-state index in [0.29, 0.717) is 10.7 Å². The molecule has 0 aliphatic carbocycles. The van der Waals surface area contributed by atoms with E-state index in [-0.39, 0.29) is 19.0 Å². The fourth-order valence-corrected chi connectivity index (χ4v) is 3.22. The topological polar surface area (TPSA) is 40.1 Å². The highest BCUT2D eigenvalue weighted by atomic mass is 32.1. The van der Waals surface area contributed by atoms with Crippen LogP contribution in [0.15, 0.2) is 54.6 Å². The molecule has 5 nitrogen and oxygen atoms in total. The van der Waals surface area contributed by atoms with Crippen molar-refractivity contribution in [2.45, 2.75) is 12.8 Å². The quantitative estimate of drug-likeness (QED) is 0.666. The molecule has 134 valence electrons. The van der Waals surface area contributed by atoms with E-state index < -0.39 is 11.7 Å². The SMILES string of the molecule is FC(F)(F)c1ccccc1N1CN(c2ccccc2)c2n[nH]c(=S)n2C1. The molecule has 1 aliphatic rings. The lowest BCUT2D eigenvalue weighted by Gasteiger charge is -2.38. The van der Waals surface area contributed by atoms with E-state index >= 15 is 0 Å². The van der Waals surface area contributed by atoms with E-state index in [4.69, 9.17) is 12.2 Å². The molecule has 2 aromatic carbocycles. The van der Waals surface area contributed by atoms with E-state index in [1.165, 1.54) is 12.1 Å². The van der Waals surface area contributed by atoms with Crippen LogP contribution < -0.4 is 9.80 Å². The predicted octanol–water partition coefficient (Wildman–Crippen LogP) is 4.53. The van der Waals surface area contributed by atoms with Crippen LogP contribution >= 0.6 is 12.2 Å². The first-order chi connectivity index (χ1) is 12.4. The third kappa shape index (κ3) is 2.84. The van der Waals surface area contributed by atoms with Crippen molar-refractivity contribution in [1.82, 2.24) is 14.8 Å². The monoisotopic (exact) mass is 377 g/mol. The molecule has 26 heavy (non-hydrogen) atoms. The minimum absolute atomic E-state index is 0.106. The van der Waals surface area contributed by atoms with Crippen LogP contribution in [0.25, 0.3) is 0 Å². The van der Waals surface area contributed by atoms with Crippen LogP contribution in [0.4, 0.5) is 30.5 Å². The normalized spacial score (nSPS) is 14.4. The molecule has 0 spiro atoms. The lowest BCUT2D eigenvalue weighted by atomic mass is 10.1. The highest BCUT2D eigenvalue weighted by molar-refractivity contribution is 7.71. The molecule has 1 N–H and O–H groups in total. The van der Waals surface area contributed by atoms with Gasteiger partial charge in [-0.2, -0.15) is 13.2 Å². The van der Waals surface area contributed by atoms with Crippen LogP contribution in [0.5, 0.6) is 0 Å². The third-order valence-corrected chi connectivity index (χ3v) is 4.53. The van der Waals surface area contributed by atoms with Crippen LogP contribution in [0.3, 0.4) is 0 Å². The number of fused-ring (bicyclic) bond motifs is 1. The number of nitrogens with zero attached hydrogens (tertiary/aromatic N) is 4. The summed E-state index contributed by atoms with van der Waals surface area (Å²) in [5, 5.41) is 6.96. The third-order valence-electron chi connectivity index (χ3n) is 4.22. The van der Waals surface area contributed by atoms with Gasteiger partial charge in [0.05, 0.1) is 17.9 Å². The zero-order valence-electron chi connectivity index (χ0n) is 13.4. The smallest absolute Gasteiger partial charge is 0.334 e. The number of hydrogen-bond acceptors (Lipinski definition) is 4. The number of anilines is 3. The van der Waals surface area contributed by atoms with Gasteiger partial charge in [-0.25, -0.2) is 5.10 Å². The number of alkyl halides is 3. The Labute approximate surface area is 152 Å². The number of aromatic nitrogens is 3. The summed E-state index contributed by atoms with van der Waals surface area (Å²) in [4.78, 5) is 3.46. The van der Waals surface area contributed by atoms with Gasteiger partial charge in [-0.15, -0.1) is 5.10 Å². The molecule has 3 aromatic rings. The van der Waals surface area contributed by atoms with Crippen molar-refractivity contribution in [2.24, 2.45) is 0 Å². The summed E-state index contributed by atoms with van der Waals surface area (Å²) < 4.78 is 42.4. The molecule has 0 radical (unpaired) electrons. The molecular formula is C17H14F3N5S. The minimum Gasteiger partial charge on any atom is -0.334 e. The van der Waals surface area contributed by atoms with Gasteiger partial charge in [-0.05, 0) is 36.5 Å². The predicted molar refractivity (Wildman–Crippen MR) is 94.8 cm³/mol. The first-order valence-corrected chi connectivity index (χ1v) is 8.25. The van der Waals surface area contributed by atoms with E-state index in [2.05, 4.69) is 10.2 Å². The Morgan fingerprint density at radius 1 is 0.962 bits per heavy atom. The summed E-state index contributed by atoms with van der Waals surface area (Å²) in [6, 6.07) is 14.9. The number of hydrogen-bond donors (Lipinski definition) is 1. The molecule has 0 saturated heterocycles. The summed E-state index contributed by atoms with van der Waals surface area (Å²) >= 11 is 5.25. The Bertz CT molecular complexity index is 980. The largest absolute Gasteiger partial charge is 0.418 e. The number of nitrogens with one attached hydrogen (secondary N) is 1. The number of rotatable bonds is 2. The second kappa shape index (κ2) is 6.17.